The van der Waals surface area contributed by atoms with E-state index in [0.29, 0.717) is 5.82 Å². The molecule has 2 rings (SSSR count). The second kappa shape index (κ2) is 5.25. The molecule has 0 aliphatic carbocycles. The summed E-state index contributed by atoms with van der Waals surface area (Å²) in [5.74, 6) is 1.51. The van der Waals surface area contributed by atoms with Crippen molar-refractivity contribution >= 4 is 12.0 Å². The Bertz CT molecular complexity index is 535. The molecule has 0 spiro atoms. The van der Waals surface area contributed by atoms with Crippen molar-refractivity contribution in [2.45, 2.75) is 6.92 Å². The maximum absolute atomic E-state index is 5.25. The SMILES string of the molecule is COc1ccccc1C=Nc1cc(C)ccn1. The molecule has 0 N–H and O–H groups in total. The van der Waals surface area contributed by atoms with Crippen LogP contribution in [0.3, 0.4) is 0 Å². The van der Waals surface area contributed by atoms with Crippen molar-refractivity contribution < 1.29 is 4.74 Å². The van der Waals surface area contributed by atoms with E-state index >= 15 is 0 Å². The van der Waals surface area contributed by atoms with Crippen LogP contribution in [0, 0.1) is 6.92 Å². The number of hydrogen-bond acceptors (Lipinski definition) is 3. The first-order valence-corrected chi connectivity index (χ1v) is 5.39. The van der Waals surface area contributed by atoms with Gasteiger partial charge in [0.1, 0.15) is 5.75 Å². The molecule has 1 heterocycles. The van der Waals surface area contributed by atoms with Gasteiger partial charge in [0, 0.05) is 18.0 Å². The summed E-state index contributed by atoms with van der Waals surface area (Å²) in [7, 11) is 1.65. The molecule has 0 saturated heterocycles. The highest BCUT2D eigenvalue weighted by atomic mass is 16.5. The fourth-order valence-corrected chi connectivity index (χ4v) is 1.50. The highest BCUT2D eigenvalue weighted by Gasteiger charge is 1.97. The maximum Gasteiger partial charge on any atom is 0.151 e. The third-order valence-corrected chi connectivity index (χ3v) is 2.38. The van der Waals surface area contributed by atoms with Crippen LogP contribution < -0.4 is 4.74 Å². The minimum absolute atomic E-state index is 0.705. The lowest BCUT2D eigenvalue weighted by Gasteiger charge is -2.02. The van der Waals surface area contributed by atoms with Crippen LogP contribution in [-0.4, -0.2) is 18.3 Å². The van der Waals surface area contributed by atoms with Crippen LogP contribution in [0.4, 0.5) is 5.82 Å². The lowest BCUT2D eigenvalue weighted by atomic mass is 10.2. The average Bonchev–Trinajstić information content (AvgIpc) is 2.37. The predicted octanol–water partition coefficient (Wildman–Crippen LogP) is 3.15. The molecule has 3 heteroatoms. The van der Waals surface area contributed by atoms with Gasteiger partial charge in [0.15, 0.2) is 5.82 Å². The van der Waals surface area contributed by atoms with Gasteiger partial charge in [-0.15, -0.1) is 0 Å². The van der Waals surface area contributed by atoms with Gasteiger partial charge in [0.2, 0.25) is 0 Å². The van der Waals surface area contributed by atoms with E-state index < -0.39 is 0 Å². The Kier molecular flexibility index (Phi) is 3.50. The van der Waals surface area contributed by atoms with E-state index in [1.54, 1.807) is 19.5 Å². The van der Waals surface area contributed by atoms with Crippen LogP contribution in [-0.2, 0) is 0 Å². The summed E-state index contributed by atoms with van der Waals surface area (Å²) in [6.07, 6.45) is 3.52. The summed E-state index contributed by atoms with van der Waals surface area (Å²) in [5, 5.41) is 0. The number of nitrogens with zero attached hydrogens (tertiary/aromatic N) is 2. The van der Waals surface area contributed by atoms with E-state index in [1.165, 1.54) is 0 Å². The molecule has 0 radical (unpaired) electrons. The highest BCUT2D eigenvalue weighted by Crippen LogP contribution is 2.16. The molecule has 0 fully saturated rings. The Morgan fingerprint density at radius 2 is 2.06 bits per heavy atom. The first-order chi connectivity index (χ1) is 8.29. The van der Waals surface area contributed by atoms with Crippen molar-refractivity contribution in [3.05, 3.63) is 53.7 Å². The number of benzene rings is 1. The molecule has 0 unspecified atom stereocenters. The zero-order chi connectivity index (χ0) is 12.1. The van der Waals surface area contributed by atoms with Crippen LogP contribution in [0.1, 0.15) is 11.1 Å². The molecule has 86 valence electrons. The number of hydrogen-bond donors (Lipinski definition) is 0. The van der Waals surface area contributed by atoms with Crippen LogP contribution in [0.2, 0.25) is 0 Å². The Balaban J connectivity index is 2.26. The van der Waals surface area contributed by atoms with Crippen molar-refractivity contribution in [2.24, 2.45) is 4.99 Å². The Hall–Kier alpha value is -2.16. The molecule has 3 nitrogen and oxygen atoms in total. The van der Waals surface area contributed by atoms with Gasteiger partial charge in [0.25, 0.3) is 0 Å². The molecule has 2 aromatic rings. The number of para-hydroxylation sites is 1. The minimum atomic E-state index is 0.705. The maximum atomic E-state index is 5.25. The lowest BCUT2D eigenvalue weighted by molar-refractivity contribution is 0.414. The third-order valence-electron chi connectivity index (χ3n) is 2.38. The van der Waals surface area contributed by atoms with Crippen molar-refractivity contribution in [3.8, 4) is 5.75 Å². The summed E-state index contributed by atoms with van der Waals surface area (Å²) in [6, 6.07) is 11.6. The van der Waals surface area contributed by atoms with Crippen molar-refractivity contribution in [1.29, 1.82) is 0 Å². The van der Waals surface area contributed by atoms with Gasteiger partial charge in [-0.1, -0.05) is 12.1 Å². The van der Waals surface area contributed by atoms with Gasteiger partial charge in [-0.25, -0.2) is 9.98 Å². The fraction of sp³-hybridized carbons (Fsp3) is 0.143. The van der Waals surface area contributed by atoms with Crippen LogP contribution >= 0.6 is 0 Å². The van der Waals surface area contributed by atoms with E-state index in [9.17, 15) is 0 Å². The minimum Gasteiger partial charge on any atom is -0.496 e. The van der Waals surface area contributed by atoms with Gasteiger partial charge < -0.3 is 4.74 Å². The molecule has 0 aliphatic heterocycles. The first-order valence-electron chi connectivity index (χ1n) is 5.39. The molecule has 0 atom stereocenters. The fourth-order valence-electron chi connectivity index (χ4n) is 1.50. The summed E-state index contributed by atoms with van der Waals surface area (Å²) in [6.45, 7) is 2.02. The van der Waals surface area contributed by atoms with Gasteiger partial charge in [-0.3, -0.25) is 0 Å². The van der Waals surface area contributed by atoms with E-state index in [2.05, 4.69) is 9.98 Å². The molecule has 0 amide bonds. The molecular weight excluding hydrogens is 212 g/mol. The molecule has 0 saturated carbocycles. The zero-order valence-electron chi connectivity index (χ0n) is 9.92. The number of methoxy groups -OCH3 is 1. The topological polar surface area (TPSA) is 34.5 Å². The number of aryl methyl sites for hydroxylation is 1. The predicted molar refractivity (Wildman–Crippen MR) is 69.2 cm³/mol. The highest BCUT2D eigenvalue weighted by molar-refractivity contribution is 5.85. The van der Waals surface area contributed by atoms with Crippen LogP contribution in [0.5, 0.6) is 5.75 Å². The number of pyridine rings is 1. The number of ether oxygens (including phenoxy) is 1. The summed E-state index contributed by atoms with van der Waals surface area (Å²) in [4.78, 5) is 8.50. The molecule has 0 aliphatic rings. The number of rotatable bonds is 3. The Labute approximate surface area is 101 Å². The van der Waals surface area contributed by atoms with Gasteiger partial charge in [0.05, 0.1) is 7.11 Å². The molecule has 0 bridgehead atoms. The monoisotopic (exact) mass is 226 g/mol. The summed E-state index contributed by atoms with van der Waals surface area (Å²) < 4.78 is 5.25. The molecule has 17 heavy (non-hydrogen) atoms. The van der Waals surface area contributed by atoms with E-state index in [4.69, 9.17) is 4.74 Å². The first kappa shape index (κ1) is 11.3. The van der Waals surface area contributed by atoms with Gasteiger partial charge in [-0.2, -0.15) is 0 Å². The smallest absolute Gasteiger partial charge is 0.151 e. The largest absolute Gasteiger partial charge is 0.496 e. The van der Waals surface area contributed by atoms with Crippen molar-refractivity contribution in [2.75, 3.05) is 7.11 Å². The van der Waals surface area contributed by atoms with E-state index in [-0.39, 0.29) is 0 Å². The normalized spacial score (nSPS) is 10.7. The second-order valence-corrected chi connectivity index (χ2v) is 3.69. The third kappa shape index (κ3) is 2.91. The van der Waals surface area contributed by atoms with E-state index in [0.717, 1.165) is 16.9 Å². The standard InChI is InChI=1S/C14H14N2O/c1-11-7-8-15-14(9-11)16-10-12-5-3-4-6-13(12)17-2/h3-10H,1-2H3. The zero-order valence-corrected chi connectivity index (χ0v) is 9.92. The van der Waals surface area contributed by atoms with Crippen LogP contribution in [0.25, 0.3) is 0 Å². The van der Waals surface area contributed by atoms with E-state index in [1.807, 2.05) is 43.3 Å². The molecular formula is C14H14N2O. The summed E-state index contributed by atoms with van der Waals surface area (Å²) >= 11 is 0. The molecule has 1 aromatic heterocycles. The van der Waals surface area contributed by atoms with Gasteiger partial charge >= 0.3 is 0 Å². The summed E-state index contributed by atoms with van der Waals surface area (Å²) in [5.41, 5.74) is 2.09. The Morgan fingerprint density at radius 3 is 2.82 bits per heavy atom. The second-order valence-electron chi connectivity index (χ2n) is 3.69. The Morgan fingerprint density at radius 1 is 1.24 bits per heavy atom. The van der Waals surface area contributed by atoms with Crippen LogP contribution in [0.15, 0.2) is 47.6 Å². The lowest BCUT2D eigenvalue weighted by Crippen LogP contribution is -1.89. The molecule has 1 aromatic carbocycles. The quantitative estimate of drug-likeness (QED) is 0.753. The number of aliphatic imine (C=N–C) groups is 1. The van der Waals surface area contributed by atoms with Crippen molar-refractivity contribution in [1.82, 2.24) is 4.98 Å². The number of aromatic nitrogens is 1. The average molecular weight is 226 g/mol. The van der Waals surface area contributed by atoms with Crippen molar-refractivity contribution in [3.63, 3.8) is 0 Å². The van der Waals surface area contributed by atoms with Gasteiger partial charge in [-0.05, 0) is 36.8 Å².